The molecule has 26 heavy (non-hydrogen) atoms. The summed E-state index contributed by atoms with van der Waals surface area (Å²) in [6, 6.07) is 3.81. The van der Waals surface area contributed by atoms with Crippen molar-refractivity contribution >= 4 is 35.8 Å². The van der Waals surface area contributed by atoms with E-state index in [1.165, 1.54) is 19.1 Å². The minimum atomic E-state index is -1.17. The van der Waals surface area contributed by atoms with Gasteiger partial charge in [-0.15, -0.1) is 24.0 Å². The van der Waals surface area contributed by atoms with E-state index < -0.39 is 5.60 Å². The SMILES string of the molecule is CCNC(=NCC(C)(O)c1ccco1)NCCC(=O)NC1CCCC1.I. The Hall–Kier alpha value is -1.29. The van der Waals surface area contributed by atoms with Crippen LogP contribution in [0.25, 0.3) is 0 Å². The maximum absolute atomic E-state index is 11.9. The monoisotopic (exact) mass is 478 g/mol. The summed E-state index contributed by atoms with van der Waals surface area (Å²) in [5, 5.41) is 19.8. The summed E-state index contributed by atoms with van der Waals surface area (Å²) in [6.07, 6.45) is 6.51. The van der Waals surface area contributed by atoms with Crippen molar-refractivity contribution in [2.75, 3.05) is 19.6 Å². The van der Waals surface area contributed by atoms with Gasteiger partial charge in [0.1, 0.15) is 11.4 Å². The third-order valence-electron chi connectivity index (χ3n) is 4.31. The average molecular weight is 478 g/mol. The van der Waals surface area contributed by atoms with Gasteiger partial charge in [-0.25, -0.2) is 4.99 Å². The van der Waals surface area contributed by atoms with Crippen LogP contribution in [0.4, 0.5) is 0 Å². The van der Waals surface area contributed by atoms with E-state index >= 15 is 0 Å². The molecule has 1 heterocycles. The Kier molecular flexibility index (Phi) is 10.0. The van der Waals surface area contributed by atoms with Crippen LogP contribution in [0.1, 0.15) is 51.7 Å². The van der Waals surface area contributed by atoms with Crippen molar-refractivity contribution in [1.29, 1.82) is 0 Å². The highest BCUT2D eigenvalue weighted by Crippen LogP contribution is 2.21. The lowest BCUT2D eigenvalue weighted by Crippen LogP contribution is -2.41. The lowest BCUT2D eigenvalue weighted by molar-refractivity contribution is -0.121. The molecule has 4 N–H and O–H groups in total. The predicted molar refractivity (Wildman–Crippen MR) is 113 cm³/mol. The number of rotatable bonds is 8. The molecule has 1 aromatic rings. The Balaban J connectivity index is 0.00000338. The van der Waals surface area contributed by atoms with Crippen molar-refractivity contribution < 1.29 is 14.3 Å². The van der Waals surface area contributed by atoms with Gasteiger partial charge in [0.2, 0.25) is 5.91 Å². The van der Waals surface area contributed by atoms with Crippen LogP contribution in [0.2, 0.25) is 0 Å². The Labute approximate surface area is 172 Å². The highest BCUT2D eigenvalue weighted by Gasteiger charge is 2.26. The van der Waals surface area contributed by atoms with Crippen LogP contribution in [0, 0.1) is 0 Å². The number of guanidine groups is 1. The second kappa shape index (κ2) is 11.4. The van der Waals surface area contributed by atoms with Crippen molar-refractivity contribution in [3.05, 3.63) is 24.2 Å². The molecule has 0 radical (unpaired) electrons. The molecular formula is C18H31IN4O3. The first kappa shape index (κ1) is 22.8. The molecule has 1 saturated carbocycles. The molecule has 1 atom stereocenters. The van der Waals surface area contributed by atoms with Crippen LogP contribution in [0.5, 0.6) is 0 Å². The Morgan fingerprint density at radius 2 is 2.12 bits per heavy atom. The third-order valence-corrected chi connectivity index (χ3v) is 4.31. The number of furan rings is 1. The van der Waals surface area contributed by atoms with Crippen molar-refractivity contribution in [3.63, 3.8) is 0 Å². The van der Waals surface area contributed by atoms with Crippen LogP contribution in [-0.2, 0) is 10.4 Å². The molecule has 2 rings (SSSR count). The molecule has 0 spiro atoms. The number of carbonyl (C=O) groups is 1. The van der Waals surface area contributed by atoms with Gasteiger partial charge in [0.05, 0.1) is 12.8 Å². The van der Waals surface area contributed by atoms with Gasteiger partial charge in [-0.2, -0.15) is 0 Å². The Morgan fingerprint density at radius 1 is 1.38 bits per heavy atom. The first-order valence-corrected chi connectivity index (χ1v) is 9.09. The standard InChI is InChI=1S/C18H30N4O3.HI/c1-3-19-17(21-13-18(2,24)15-9-6-12-25-15)20-11-10-16(23)22-14-7-4-5-8-14;/h6,9,12,14,24H,3-5,7-8,10-11,13H2,1-2H3,(H,22,23)(H2,19,20,21);1H. The van der Waals surface area contributed by atoms with E-state index in [4.69, 9.17) is 4.42 Å². The maximum Gasteiger partial charge on any atom is 0.221 e. The van der Waals surface area contributed by atoms with Gasteiger partial charge in [-0.1, -0.05) is 12.8 Å². The van der Waals surface area contributed by atoms with E-state index in [0.29, 0.717) is 37.3 Å². The van der Waals surface area contributed by atoms with E-state index in [0.717, 1.165) is 12.8 Å². The number of hydrogen-bond acceptors (Lipinski definition) is 4. The molecule has 1 unspecified atom stereocenters. The fourth-order valence-electron chi connectivity index (χ4n) is 2.90. The molecule has 1 fully saturated rings. The lowest BCUT2D eigenvalue weighted by Gasteiger charge is -2.19. The smallest absolute Gasteiger partial charge is 0.221 e. The lowest BCUT2D eigenvalue weighted by atomic mass is 10.0. The number of aliphatic hydroxyl groups is 1. The first-order chi connectivity index (χ1) is 12.0. The van der Waals surface area contributed by atoms with Crippen LogP contribution in [0.15, 0.2) is 27.8 Å². The third kappa shape index (κ3) is 7.53. The minimum Gasteiger partial charge on any atom is -0.466 e. The summed E-state index contributed by atoms with van der Waals surface area (Å²) in [6.45, 7) is 4.98. The number of hydrogen-bond donors (Lipinski definition) is 4. The van der Waals surface area contributed by atoms with Gasteiger partial charge in [-0.3, -0.25) is 4.79 Å². The van der Waals surface area contributed by atoms with Crippen LogP contribution >= 0.6 is 24.0 Å². The summed E-state index contributed by atoms with van der Waals surface area (Å²) < 4.78 is 5.25. The number of aliphatic imine (C=N–C) groups is 1. The second-order valence-electron chi connectivity index (χ2n) is 6.67. The van der Waals surface area contributed by atoms with Crippen molar-refractivity contribution in [1.82, 2.24) is 16.0 Å². The summed E-state index contributed by atoms with van der Waals surface area (Å²) in [4.78, 5) is 16.3. The van der Waals surface area contributed by atoms with Gasteiger partial charge in [0.25, 0.3) is 0 Å². The van der Waals surface area contributed by atoms with Crippen LogP contribution in [-0.4, -0.2) is 42.6 Å². The van der Waals surface area contributed by atoms with Crippen molar-refractivity contribution in [2.45, 2.75) is 57.6 Å². The molecule has 0 aromatic carbocycles. The van der Waals surface area contributed by atoms with E-state index in [9.17, 15) is 9.90 Å². The van der Waals surface area contributed by atoms with Gasteiger partial charge in [0, 0.05) is 25.6 Å². The fourth-order valence-corrected chi connectivity index (χ4v) is 2.90. The van der Waals surface area contributed by atoms with E-state index in [-0.39, 0.29) is 36.4 Å². The molecule has 1 aliphatic rings. The Bertz CT molecular complexity index is 555. The molecule has 0 saturated heterocycles. The first-order valence-electron chi connectivity index (χ1n) is 9.09. The van der Waals surface area contributed by atoms with Gasteiger partial charge in [0.15, 0.2) is 5.96 Å². The topological polar surface area (TPSA) is 98.9 Å². The Morgan fingerprint density at radius 3 is 2.73 bits per heavy atom. The van der Waals surface area contributed by atoms with Crippen molar-refractivity contribution in [3.8, 4) is 0 Å². The molecular weight excluding hydrogens is 447 g/mol. The predicted octanol–water partition coefficient (Wildman–Crippen LogP) is 2.11. The van der Waals surface area contributed by atoms with E-state index in [2.05, 4.69) is 20.9 Å². The number of nitrogens with zero attached hydrogens (tertiary/aromatic N) is 1. The summed E-state index contributed by atoms with van der Waals surface area (Å²) in [7, 11) is 0. The highest BCUT2D eigenvalue weighted by atomic mass is 127. The molecule has 0 aliphatic heterocycles. The number of halogens is 1. The molecule has 7 nitrogen and oxygen atoms in total. The number of carbonyl (C=O) groups excluding carboxylic acids is 1. The van der Waals surface area contributed by atoms with Gasteiger partial charge >= 0.3 is 0 Å². The molecule has 1 aromatic heterocycles. The second-order valence-corrected chi connectivity index (χ2v) is 6.67. The molecule has 148 valence electrons. The van der Waals surface area contributed by atoms with Gasteiger partial charge < -0.3 is 25.5 Å². The van der Waals surface area contributed by atoms with Crippen molar-refractivity contribution in [2.24, 2.45) is 4.99 Å². The summed E-state index contributed by atoms with van der Waals surface area (Å²) in [5.41, 5.74) is -1.17. The zero-order chi connectivity index (χ0) is 18.1. The molecule has 8 heteroatoms. The zero-order valence-electron chi connectivity index (χ0n) is 15.6. The zero-order valence-corrected chi connectivity index (χ0v) is 17.9. The quantitative estimate of drug-likeness (QED) is 0.261. The van der Waals surface area contributed by atoms with Crippen LogP contribution in [0.3, 0.4) is 0 Å². The average Bonchev–Trinajstić information content (AvgIpc) is 3.26. The molecule has 1 amide bonds. The number of nitrogens with one attached hydrogen (secondary N) is 3. The maximum atomic E-state index is 11.9. The van der Waals surface area contributed by atoms with Gasteiger partial charge in [-0.05, 0) is 38.8 Å². The molecule has 1 aliphatic carbocycles. The summed E-state index contributed by atoms with van der Waals surface area (Å²) >= 11 is 0. The highest BCUT2D eigenvalue weighted by molar-refractivity contribution is 14.0. The number of amides is 1. The molecule has 0 bridgehead atoms. The van der Waals surface area contributed by atoms with E-state index in [1.807, 2.05) is 6.92 Å². The van der Waals surface area contributed by atoms with Crippen LogP contribution < -0.4 is 16.0 Å². The van der Waals surface area contributed by atoms with E-state index in [1.54, 1.807) is 19.1 Å². The normalized spacial score (nSPS) is 17.3. The summed E-state index contributed by atoms with van der Waals surface area (Å²) in [5.74, 6) is 1.11. The fraction of sp³-hybridized carbons (Fsp3) is 0.667. The minimum absolute atomic E-state index is 0. The largest absolute Gasteiger partial charge is 0.466 e.